The van der Waals surface area contributed by atoms with E-state index >= 15 is 0 Å². The van der Waals surface area contributed by atoms with Gasteiger partial charge in [0.15, 0.2) is 0 Å². The van der Waals surface area contributed by atoms with Crippen LogP contribution in [0.15, 0.2) is 41.8 Å². The molecule has 5 nitrogen and oxygen atoms in total. The van der Waals surface area contributed by atoms with E-state index < -0.39 is 16.0 Å². The van der Waals surface area contributed by atoms with Crippen LogP contribution in [0.4, 0.5) is 0 Å². The van der Waals surface area contributed by atoms with Crippen LogP contribution in [0.25, 0.3) is 0 Å². The van der Waals surface area contributed by atoms with Gasteiger partial charge >= 0.3 is 5.97 Å². The van der Waals surface area contributed by atoms with Gasteiger partial charge in [-0.2, -0.15) is 4.31 Å². The minimum atomic E-state index is -3.56. The predicted molar refractivity (Wildman–Crippen MR) is 77.0 cm³/mol. The van der Waals surface area contributed by atoms with Gasteiger partial charge in [-0.05, 0) is 24.1 Å². The molecule has 0 bridgehead atoms. The van der Waals surface area contributed by atoms with Gasteiger partial charge in [-0.3, -0.25) is 4.79 Å². The van der Waals surface area contributed by atoms with Crippen LogP contribution in [0.1, 0.15) is 18.9 Å². The lowest BCUT2D eigenvalue weighted by Gasteiger charge is -2.20. The molecule has 1 N–H and O–H groups in total. The van der Waals surface area contributed by atoms with E-state index in [1.54, 1.807) is 6.08 Å². The van der Waals surface area contributed by atoms with E-state index in [4.69, 9.17) is 5.11 Å². The van der Waals surface area contributed by atoms with Crippen molar-refractivity contribution in [3.05, 3.63) is 42.5 Å². The maximum absolute atomic E-state index is 12.4. The number of aliphatic carboxylic acids is 1. The highest BCUT2D eigenvalue weighted by atomic mass is 32.2. The first-order valence-corrected chi connectivity index (χ1v) is 7.77. The molecule has 1 rings (SSSR count). The normalized spacial score (nSPS) is 11.5. The highest BCUT2D eigenvalue weighted by Crippen LogP contribution is 2.17. The van der Waals surface area contributed by atoms with Crippen molar-refractivity contribution in [1.82, 2.24) is 4.31 Å². The number of benzene rings is 1. The summed E-state index contributed by atoms with van der Waals surface area (Å²) in [6, 6.07) is 5.94. The standard InChI is InChI=1S/C14H19NO4S/c1-3-9-15(10-4-2)20(18,19)13-7-5-12(6-8-13)11-14(16)17/h3,5-8H,1,4,9-11H2,2H3,(H,16,17). The van der Waals surface area contributed by atoms with Crippen LogP contribution >= 0.6 is 0 Å². The van der Waals surface area contributed by atoms with Crippen molar-refractivity contribution in [2.45, 2.75) is 24.7 Å². The minimum Gasteiger partial charge on any atom is -0.481 e. The Balaban J connectivity index is 3.01. The van der Waals surface area contributed by atoms with Gasteiger partial charge in [-0.25, -0.2) is 8.42 Å². The molecular weight excluding hydrogens is 278 g/mol. The maximum atomic E-state index is 12.4. The summed E-state index contributed by atoms with van der Waals surface area (Å²) in [5.74, 6) is -0.945. The molecule has 20 heavy (non-hydrogen) atoms. The Morgan fingerprint density at radius 1 is 1.35 bits per heavy atom. The lowest BCUT2D eigenvalue weighted by atomic mass is 10.2. The molecule has 0 aliphatic heterocycles. The second-order valence-electron chi connectivity index (χ2n) is 4.37. The number of rotatable bonds is 8. The average molecular weight is 297 g/mol. The van der Waals surface area contributed by atoms with Crippen molar-refractivity contribution >= 4 is 16.0 Å². The summed E-state index contributed by atoms with van der Waals surface area (Å²) < 4.78 is 26.2. The van der Waals surface area contributed by atoms with Crippen LogP contribution in [0.2, 0.25) is 0 Å². The second-order valence-corrected chi connectivity index (χ2v) is 6.30. The van der Waals surface area contributed by atoms with Crippen molar-refractivity contribution in [1.29, 1.82) is 0 Å². The summed E-state index contributed by atoms with van der Waals surface area (Å²) in [5, 5.41) is 8.69. The zero-order valence-electron chi connectivity index (χ0n) is 11.4. The number of nitrogens with zero attached hydrogens (tertiary/aromatic N) is 1. The Labute approximate surface area is 119 Å². The monoisotopic (exact) mass is 297 g/mol. The summed E-state index contributed by atoms with van der Waals surface area (Å²) >= 11 is 0. The third kappa shape index (κ3) is 4.18. The van der Waals surface area contributed by atoms with Crippen LogP contribution in [-0.4, -0.2) is 36.9 Å². The Morgan fingerprint density at radius 3 is 2.40 bits per heavy atom. The molecule has 0 radical (unpaired) electrons. The molecule has 1 aromatic rings. The Morgan fingerprint density at radius 2 is 1.95 bits per heavy atom. The van der Waals surface area contributed by atoms with Crippen LogP contribution in [-0.2, 0) is 21.2 Å². The number of carbonyl (C=O) groups is 1. The topological polar surface area (TPSA) is 74.7 Å². The number of carboxylic acid groups (broad SMARTS) is 1. The summed E-state index contributed by atoms with van der Waals surface area (Å²) in [7, 11) is -3.56. The molecule has 0 saturated heterocycles. The Hall–Kier alpha value is -1.66. The average Bonchev–Trinajstić information content (AvgIpc) is 2.38. The Bertz CT molecular complexity index is 563. The van der Waals surface area contributed by atoms with Gasteiger partial charge in [-0.1, -0.05) is 25.1 Å². The van der Waals surface area contributed by atoms with Gasteiger partial charge < -0.3 is 5.11 Å². The molecule has 110 valence electrons. The first-order valence-electron chi connectivity index (χ1n) is 6.33. The van der Waals surface area contributed by atoms with E-state index in [0.717, 1.165) is 0 Å². The van der Waals surface area contributed by atoms with Gasteiger partial charge in [0.1, 0.15) is 0 Å². The molecule has 0 atom stereocenters. The van der Waals surface area contributed by atoms with E-state index in [9.17, 15) is 13.2 Å². The zero-order valence-corrected chi connectivity index (χ0v) is 12.3. The molecule has 0 amide bonds. The van der Waals surface area contributed by atoms with Crippen molar-refractivity contribution < 1.29 is 18.3 Å². The number of hydrogen-bond acceptors (Lipinski definition) is 3. The summed E-state index contributed by atoms with van der Waals surface area (Å²) in [4.78, 5) is 10.8. The third-order valence-corrected chi connectivity index (χ3v) is 4.60. The van der Waals surface area contributed by atoms with Crippen LogP contribution in [0.5, 0.6) is 0 Å². The van der Waals surface area contributed by atoms with E-state index in [1.165, 1.54) is 28.6 Å². The third-order valence-electron chi connectivity index (χ3n) is 2.72. The quantitative estimate of drug-likeness (QED) is 0.744. The van der Waals surface area contributed by atoms with Gasteiger partial charge in [0, 0.05) is 13.1 Å². The summed E-state index contributed by atoms with van der Waals surface area (Å²) in [6.07, 6.45) is 2.14. The second kappa shape index (κ2) is 7.21. The first-order chi connectivity index (χ1) is 9.41. The molecular formula is C14H19NO4S. The first kappa shape index (κ1) is 16.4. The number of sulfonamides is 1. The fourth-order valence-corrected chi connectivity index (χ4v) is 3.31. The molecule has 0 heterocycles. The predicted octanol–water partition coefficient (Wildman–Crippen LogP) is 1.90. The number of carboxylic acids is 1. The van der Waals surface area contributed by atoms with Crippen molar-refractivity contribution in [2.75, 3.05) is 13.1 Å². The molecule has 1 aromatic carbocycles. The smallest absolute Gasteiger partial charge is 0.307 e. The molecule has 0 aliphatic rings. The molecule has 0 unspecified atom stereocenters. The molecule has 0 fully saturated rings. The van der Waals surface area contributed by atoms with Crippen LogP contribution in [0, 0.1) is 0 Å². The highest BCUT2D eigenvalue weighted by Gasteiger charge is 2.22. The number of hydrogen-bond donors (Lipinski definition) is 1. The lowest BCUT2D eigenvalue weighted by molar-refractivity contribution is -0.136. The van der Waals surface area contributed by atoms with Gasteiger partial charge in [-0.15, -0.1) is 6.58 Å². The van der Waals surface area contributed by atoms with Gasteiger partial charge in [0.2, 0.25) is 10.0 Å². The molecule has 6 heteroatoms. The maximum Gasteiger partial charge on any atom is 0.307 e. The van der Waals surface area contributed by atoms with Crippen molar-refractivity contribution in [3.8, 4) is 0 Å². The SMILES string of the molecule is C=CCN(CCC)S(=O)(=O)c1ccc(CC(=O)O)cc1. The van der Waals surface area contributed by atoms with Crippen LogP contribution < -0.4 is 0 Å². The highest BCUT2D eigenvalue weighted by molar-refractivity contribution is 7.89. The van der Waals surface area contributed by atoms with E-state index in [0.29, 0.717) is 18.5 Å². The van der Waals surface area contributed by atoms with Crippen molar-refractivity contribution in [2.24, 2.45) is 0 Å². The summed E-state index contributed by atoms with van der Waals surface area (Å²) in [6.45, 7) is 6.15. The molecule has 0 aromatic heterocycles. The Kier molecular flexibility index (Phi) is 5.91. The van der Waals surface area contributed by atoms with Gasteiger partial charge in [0.25, 0.3) is 0 Å². The fourth-order valence-electron chi connectivity index (χ4n) is 1.81. The molecule has 0 aliphatic carbocycles. The molecule has 0 spiro atoms. The van der Waals surface area contributed by atoms with Crippen molar-refractivity contribution in [3.63, 3.8) is 0 Å². The molecule has 0 saturated carbocycles. The minimum absolute atomic E-state index is 0.119. The van der Waals surface area contributed by atoms with E-state index in [-0.39, 0.29) is 17.9 Å². The lowest BCUT2D eigenvalue weighted by Crippen LogP contribution is -2.32. The zero-order chi connectivity index (χ0) is 15.2. The fraction of sp³-hybridized carbons (Fsp3) is 0.357. The van der Waals surface area contributed by atoms with Gasteiger partial charge in [0.05, 0.1) is 11.3 Å². The largest absolute Gasteiger partial charge is 0.481 e. The van der Waals surface area contributed by atoms with Crippen LogP contribution in [0.3, 0.4) is 0 Å². The van der Waals surface area contributed by atoms with E-state index in [1.807, 2.05) is 6.92 Å². The van der Waals surface area contributed by atoms with E-state index in [2.05, 4.69) is 6.58 Å². The summed E-state index contributed by atoms with van der Waals surface area (Å²) in [5.41, 5.74) is 0.571.